The van der Waals surface area contributed by atoms with Crippen molar-refractivity contribution in [1.29, 1.82) is 0 Å². The van der Waals surface area contributed by atoms with E-state index >= 15 is 0 Å². The third-order valence-corrected chi connectivity index (χ3v) is 3.61. The summed E-state index contributed by atoms with van der Waals surface area (Å²) in [7, 11) is 0. The van der Waals surface area contributed by atoms with E-state index < -0.39 is 0 Å². The van der Waals surface area contributed by atoms with E-state index in [2.05, 4.69) is 10.3 Å². The Morgan fingerprint density at radius 1 is 1.29 bits per heavy atom. The molecule has 1 aliphatic carbocycles. The molecule has 3 nitrogen and oxygen atoms in total. The lowest BCUT2D eigenvalue weighted by molar-refractivity contribution is 0.0947. The quantitative estimate of drug-likeness (QED) is 0.902. The first-order valence-corrected chi connectivity index (χ1v) is 6.52. The van der Waals surface area contributed by atoms with Gasteiger partial charge < -0.3 is 5.32 Å². The maximum absolute atomic E-state index is 12.0. The van der Waals surface area contributed by atoms with E-state index in [-0.39, 0.29) is 5.91 Å². The van der Waals surface area contributed by atoms with Gasteiger partial charge >= 0.3 is 0 Å². The van der Waals surface area contributed by atoms with Crippen LogP contribution in [0.4, 0.5) is 0 Å². The first kappa shape index (κ1) is 10.5. The second kappa shape index (κ2) is 4.30. The van der Waals surface area contributed by atoms with Crippen LogP contribution >= 0.6 is 11.3 Å². The third-order valence-electron chi connectivity index (χ3n) is 2.73. The summed E-state index contributed by atoms with van der Waals surface area (Å²) in [5, 5.41) is 2.97. The highest BCUT2D eigenvalue weighted by Gasteiger charge is 2.26. The van der Waals surface area contributed by atoms with Crippen LogP contribution in [0.25, 0.3) is 10.4 Å². The van der Waals surface area contributed by atoms with Gasteiger partial charge in [-0.05, 0) is 18.4 Å². The van der Waals surface area contributed by atoms with Crippen molar-refractivity contribution in [2.24, 2.45) is 0 Å². The Bertz CT molecular complexity index is 531. The summed E-state index contributed by atoms with van der Waals surface area (Å²) in [6.45, 7) is 0. The van der Waals surface area contributed by atoms with Crippen molar-refractivity contribution in [3.63, 3.8) is 0 Å². The van der Waals surface area contributed by atoms with Crippen LogP contribution in [0.5, 0.6) is 0 Å². The minimum atomic E-state index is -0.0485. The van der Waals surface area contributed by atoms with E-state index in [1.807, 2.05) is 30.3 Å². The molecule has 1 fully saturated rings. The number of amides is 1. The molecule has 1 amide bonds. The second-order valence-corrected chi connectivity index (χ2v) is 5.00. The molecule has 1 aliphatic rings. The van der Waals surface area contributed by atoms with Gasteiger partial charge in [-0.15, -0.1) is 11.3 Å². The largest absolute Gasteiger partial charge is 0.348 e. The van der Waals surface area contributed by atoms with Gasteiger partial charge in [-0.2, -0.15) is 0 Å². The Labute approximate surface area is 104 Å². The number of thiazole rings is 1. The van der Waals surface area contributed by atoms with Crippen LogP contribution < -0.4 is 5.32 Å². The minimum absolute atomic E-state index is 0.0485. The van der Waals surface area contributed by atoms with Gasteiger partial charge in [-0.25, -0.2) is 4.98 Å². The van der Waals surface area contributed by atoms with Crippen molar-refractivity contribution in [2.75, 3.05) is 0 Å². The van der Waals surface area contributed by atoms with Gasteiger partial charge in [0.2, 0.25) is 0 Å². The first-order chi connectivity index (χ1) is 8.34. The van der Waals surface area contributed by atoms with Gasteiger partial charge in [-0.3, -0.25) is 4.79 Å². The molecule has 1 N–H and O–H groups in total. The van der Waals surface area contributed by atoms with Crippen LogP contribution in [0, 0.1) is 0 Å². The SMILES string of the molecule is O=C(NC1CC1)c1ncsc1-c1ccccc1. The maximum atomic E-state index is 12.0. The van der Waals surface area contributed by atoms with E-state index in [0.29, 0.717) is 11.7 Å². The topological polar surface area (TPSA) is 42.0 Å². The zero-order valence-electron chi connectivity index (χ0n) is 9.22. The van der Waals surface area contributed by atoms with E-state index in [0.717, 1.165) is 23.3 Å². The normalized spacial score (nSPS) is 14.6. The number of carbonyl (C=O) groups excluding carboxylic acids is 1. The van der Waals surface area contributed by atoms with Crippen molar-refractivity contribution in [3.05, 3.63) is 41.5 Å². The first-order valence-electron chi connectivity index (χ1n) is 5.64. The number of nitrogens with one attached hydrogen (secondary N) is 1. The third kappa shape index (κ3) is 2.22. The highest BCUT2D eigenvalue weighted by atomic mass is 32.1. The van der Waals surface area contributed by atoms with Crippen molar-refractivity contribution in [2.45, 2.75) is 18.9 Å². The Hall–Kier alpha value is -1.68. The van der Waals surface area contributed by atoms with E-state index in [1.54, 1.807) is 5.51 Å². The molecular weight excluding hydrogens is 232 g/mol. The van der Waals surface area contributed by atoms with Crippen LogP contribution in [0.15, 0.2) is 35.8 Å². The van der Waals surface area contributed by atoms with Crippen molar-refractivity contribution in [3.8, 4) is 10.4 Å². The second-order valence-electron chi connectivity index (χ2n) is 4.14. The Balaban J connectivity index is 1.90. The number of carbonyl (C=O) groups is 1. The summed E-state index contributed by atoms with van der Waals surface area (Å²) in [6.07, 6.45) is 2.19. The Morgan fingerprint density at radius 3 is 2.76 bits per heavy atom. The zero-order chi connectivity index (χ0) is 11.7. The van der Waals surface area contributed by atoms with Crippen LogP contribution in [0.2, 0.25) is 0 Å². The lowest BCUT2D eigenvalue weighted by atomic mass is 10.1. The van der Waals surface area contributed by atoms with Crippen molar-refractivity contribution >= 4 is 17.2 Å². The van der Waals surface area contributed by atoms with Gasteiger partial charge in [-0.1, -0.05) is 30.3 Å². The number of hydrogen-bond donors (Lipinski definition) is 1. The molecule has 4 heteroatoms. The van der Waals surface area contributed by atoms with E-state index in [9.17, 15) is 4.79 Å². The summed E-state index contributed by atoms with van der Waals surface area (Å²) in [4.78, 5) is 17.1. The predicted octanol–water partition coefficient (Wildman–Crippen LogP) is 2.70. The number of rotatable bonds is 3. The molecule has 0 radical (unpaired) electrons. The number of aromatic nitrogens is 1. The molecule has 1 aromatic heterocycles. The Morgan fingerprint density at radius 2 is 2.06 bits per heavy atom. The standard InChI is InChI=1S/C13H12N2OS/c16-13(15-10-6-7-10)11-12(17-8-14-11)9-4-2-1-3-5-9/h1-5,8,10H,6-7H2,(H,15,16). The fraction of sp³-hybridized carbons (Fsp3) is 0.231. The van der Waals surface area contributed by atoms with Gasteiger partial charge in [0.25, 0.3) is 5.91 Å². The number of benzene rings is 1. The lowest BCUT2D eigenvalue weighted by Gasteiger charge is -2.03. The van der Waals surface area contributed by atoms with Gasteiger partial charge in [0.05, 0.1) is 10.4 Å². The van der Waals surface area contributed by atoms with Crippen molar-refractivity contribution < 1.29 is 4.79 Å². The fourth-order valence-electron chi connectivity index (χ4n) is 1.68. The van der Waals surface area contributed by atoms with Gasteiger partial charge in [0.15, 0.2) is 0 Å². The van der Waals surface area contributed by atoms with Crippen molar-refractivity contribution in [1.82, 2.24) is 10.3 Å². The zero-order valence-corrected chi connectivity index (χ0v) is 10.0. The van der Waals surface area contributed by atoms with Gasteiger partial charge in [0.1, 0.15) is 5.69 Å². The van der Waals surface area contributed by atoms with Crippen LogP contribution in [-0.2, 0) is 0 Å². The highest BCUT2D eigenvalue weighted by Crippen LogP contribution is 2.28. The molecule has 0 atom stereocenters. The van der Waals surface area contributed by atoms with Gasteiger partial charge in [0, 0.05) is 6.04 Å². The number of nitrogens with zero attached hydrogens (tertiary/aromatic N) is 1. The van der Waals surface area contributed by atoms with Crippen LogP contribution in [-0.4, -0.2) is 16.9 Å². The fourth-order valence-corrected chi connectivity index (χ4v) is 2.48. The summed E-state index contributed by atoms with van der Waals surface area (Å²) < 4.78 is 0. The summed E-state index contributed by atoms with van der Waals surface area (Å²) in [5.41, 5.74) is 3.33. The summed E-state index contributed by atoms with van der Waals surface area (Å²) in [5.74, 6) is -0.0485. The molecule has 3 rings (SSSR count). The summed E-state index contributed by atoms with van der Waals surface area (Å²) in [6, 6.07) is 10.3. The monoisotopic (exact) mass is 244 g/mol. The molecule has 0 spiro atoms. The highest BCUT2D eigenvalue weighted by molar-refractivity contribution is 7.13. The molecule has 0 saturated heterocycles. The molecule has 1 saturated carbocycles. The lowest BCUT2D eigenvalue weighted by Crippen LogP contribution is -2.26. The average molecular weight is 244 g/mol. The molecule has 0 bridgehead atoms. The predicted molar refractivity (Wildman–Crippen MR) is 68.0 cm³/mol. The minimum Gasteiger partial charge on any atom is -0.348 e. The molecule has 0 unspecified atom stereocenters. The molecular formula is C13H12N2OS. The van der Waals surface area contributed by atoms with E-state index in [1.165, 1.54) is 11.3 Å². The van der Waals surface area contributed by atoms with Crippen LogP contribution in [0.1, 0.15) is 23.3 Å². The molecule has 2 aromatic rings. The smallest absolute Gasteiger partial charge is 0.271 e. The maximum Gasteiger partial charge on any atom is 0.271 e. The molecule has 1 aromatic carbocycles. The molecule has 1 heterocycles. The average Bonchev–Trinajstić information content (AvgIpc) is 3.04. The summed E-state index contributed by atoms with van der Waals surface area (Å²) >= 11 is 1.51. The Kier molecular flexibility index (Phi) is 2.65. The van der Waals surface area contributed by atoms with E-state index in [4.69, 9.17) is 0 Å². The molecule has 17 heavy (non-hydrogen) atoms. The number of hydrogen-bond acceptors (Lipinski definition) is 3. The van der Waals surface area contributed by atoms with Crippen LogP contribution in [0.3, 0.4) is 0 Å². The molecule has 86 valence electrons. The molecule has 0 aliphatic heterocycles.